The lowest BCUT2D eigenvalue weighted by Gasteiger charge is -2.41. The van der Waals surface area contributed by atoms with E-state index in [1.165, 1.54) is 6.07 Å². The van der Waals surface area contributed by atoms with Gasteiger partial charge in [-0.25, -0.2) is 4.39 Å². The Balaban J connectivity index is 1.95. The smallest absolute Gasteiger partial charge is 0.239 e. The molecule has 2 rings (SSSR count). The Morgan fingerprint density at radius 1 is 1.29 bits per heavy atom. The maximum Gasteiger partial charge on any atom is 0.239 e. The van der Waals surface area contributed by atoms with Crippen LogP contribution in [0.4, 0.5) is 4.39 Å². The topological polar surface area (TPSA) is 43.8 Å². The van der Waals surface area contributed by atoms with Gasteiger partial charge in [0.05, 0.1) is 11.6 Å². The van der Waals surface area contributed by atoms with Gasteiger partial charge in [-0.05, 0) is 45.2 Å². The molecule has 1 aromatic carbocycles. The summed E-state index contributed by atoms with van der Waals surface area (Å²) >= 11 is 0. The Labute approximate surface area is 144 Å². The SMILES string of the molecule is CC(C(=O)N(C)C(C)C)N1CCC(O)(Cc2ccccc2F)CC1. The Morgan fingerprint density at radius 2 is 1.88 bits per heavy atom. The van der Waals surface area contributed by atoms with Crippen molar-refractivity contribution < 1.29 is 14.3 Å². The van der Waals surface area contributed by atoms with Crippen LogP contribution in [0.2, 0.25) is 0 Å². The van der Waals surface area contributed by atoms with Gasteiger partial charge < -0.3 is 10.0 Å². The molecule has 1 heterocycles. The summed E-state index contributed by atoms with van der Waals surface area (Å²) < 4.78 is 13.8. The molecule has 0 radical (unpaired) electrons. The first-order chi connectivity index (χ1) is 11.2. The molecular formula is C19H29FN2O2. The Hall–Kier alpha value is -1.46. The molecule has 0 spiro atoms. The fourth-order valence-electron chi connectivity index (χ4n) is 3.21. The highest BCUT2D eigenvalue weighted by Gasteiger charge is 2.36. The van der Waals surface area contributed by atoms with Crippen molar-refractivity contribution in [1.29, 1.82) is 0 Å². The molecule has 1 aliphatic rings. The van der Waals surface area contributed by atoms with Gasteiger partial charge in [-0.2, -0.15) is 0 Å². The molecule has 1 atom stereocenters. The van der Waals surface area contributed by atoms with Crippen LogP contribution in [0.5, 0.6) is 0 Å². The van der Waals surface area contributed by atoms with Gasteiger partial charge in [0, 0.05) is 32.6 Å². The second-order valence-electron chi connectivity index (χ2n) is 7.25. The van der Waals surface area contributed by atoms with Crippen LogP contribution in [0.1, 0.15) is 39.2 Å². The molecular weight excluding hydrogens is 307 g/mol. The number of aliphatic hydroxyl groups is 1. The van der Waals surface area contributed by atoms with Crippen molar-refractivity contribution in [3.63, 3.8) is 0 Å². The minimum absolute atomic E-state index is 0.101. The summed E-state index contributed by atoms with van der Waals surface area (Å²) in [6, 6.07) is 6.57. The van der Waals surface area contributed by atoms with E-state index in [1.54, 1.807) is 23.1 Å². The summed E-state index contributed by atoms with van der Waals surface area (Å²) in [5, 5.41) is 10.8. The maximum atomic E-state index is 13.8. The van der Waals surface area contributed by atoms with Crippen molar-refractivity contribution in [3.8, 4) is 0 Å². The third-order valence-electron chi connectivity index (χ3n) is 5.23. The Kier molecular flexibility index (Phi) is 5.99. The molecule has 1 saturated heterocycles. The van der Waals surface area contributed by atoms with Crippen molar-refractivity contribution >= 4 is 5.91 Å². The zero-order valence-electron chi connectivity index (χ0n) is 15.1. The molecule has 0 aliphatic carbocycles. The minimum atomic E-state index is -0.897. The van der Waals surface area contributed by atoms with E-state index in [0.29, 0.717) is 37.9 Å². The molecule has 1 unspecified atom stereocenters. The van der Waals surface area contributed by atoms with Crippen molar-refractivity contribution in [2.75, 3.05) is 20.1 Å². The number of piperidine rings is 1. The van der Waals surface area contributed by atoms with E-state index in [4.69, 9.17) is 0 Å². The third-order valence-corrected chi connectivity index (χ3v) is 5.23. The third kappa shape index (κ3) is 4.33. The van der Waals surface area contributed by atoms with Crippen molar-refractivity contribution in [2.45, 2.75) is 57.7 Å². The summed E-state index contributed by atoms with van der Waals surface area (Å²) in [6.45, 7) is 7.19. The van der Waals surface area contributed by atoms with Gasteiger partial charge in [-0.15, -0.1) is 0 Å². The van der Waals surface area contributed by atoms with E-state index in [1.807, 2.05) is 27.8 Å². The lowest BCUT2D eigenvalue weighted by atomic mass is 9.84. The first-order valence-electron chi connectivity index (χ1n) is 8.70. The number of likely N-dealkylation sites (N-methyl/N-ethyl adjacent to an activating group) is 1. The van der Waals surface area contributed by atoms with Crippen LogP contribution in [-0.4, -0.2) is 58.6 Å². The van der Waals surface area contributed by atoms with Gasteiger partial charge >= 0.3 is 0 Å². The zero-order valence-corrected chi connectivity index (χ0v) is 15.1. The molecule has 0 bridgehead atoms. The number of nitrogens with zero attached hydrogens (tertiary/aromatic N) is 2. The molecule has 0 aromatic heterocycles. The number of amides is 1. The summed E-state index contributed by atoms with van der Waals surface area (Å²) in [6.07, 6.45) is 1.41. The number of carbonyl (C=O) groups excluding carboxylic acids is 1. The number of carbonyl (C=O) groups is 1. The van der Waals surface area contributed by atoms with Crippen LogP contribution < -0.4 is 0 Å². The van der Waals surface area contributed by atoms with Gasteiger partial charge in [0.1, 0.15) is 5.82 Å². The number of rotatable bonds is 5. The lowest BCUT2D eigenvalue weighted by molar-refractivity contribution is -0.138. The molecule has 1 aliphatic heterocycles. The molecule has 1 amide bonds. The number of likely N-dealkylation sites (tertiary alicyclic amines) is 1. The van der Waals surface area contributed by atoms with Crippen molar-refractivity contribution in [1.82, 2.24) is 9.80 Å². The van der Waals surface area contributed by atoms with E-state index < -0.39 is 5.60 Å². The largest absolute Gasteiger partial charge is 0.389 e. The molecule has 0 saturated carbocycles. The second kappa shape index (κ2) is 7.62. The fraction of sp³-hybridized carbons (Fsp3) is 0.632. The summed E-state index contributed by atoms with van der Waals surface area (Å²) in [7, 11) is 1.82. The second-order valence-corrected chi connectivity index (χ2v) is 7.25. The minimum Gasteiger partial charge on any atom is -0.389 e. The highest BCUT2D eigenvalue weighted by atomic mass is 19.1. The number of benzene rings is 1. The van der Waals surface area contributed by atoms with Gasteiger partial charge in [0.25, 0.3) is 0 Å². The molecule has 1 aromatic rings. The highest BCUT2D eigenvalue weighted by Crippen LogP contribution is 2.28. The van der Waals surface area contributed by atoms with E-state index in [-0.39, 0.29) is 23.8 Å². The summed E-state index contributed by atoms with van der Waals surface area (Å²) in [5.74, 6) is -0.167. The van der Waals surface area contributed by atoms with E-state index in [2.05, 4.69) is 4.90 Å². The van der Waals surface area contributed by atoms with Crippen LogP contribution in [0, 0.1) is 5.82 Å². The van der Waals surface area contributed by atoms with Gasteiger partial charge in [-0.3, -0.25) is 9.69 Å². The van der Waals surface area contributed by atoms with Crippen molar-refractivity contribution in [2.24, 2.45) is 0 Å². The zero-order chi connectivity index (χ0) is 17.9. The normalized spacial score (nSPS) is 19.3. The molecule has 24 heavy (non-hydrogen) atoms. The van der Waals surface area contributed by atoms with Crippen LogP contribution >= 0.6 is 0 Å². The number of halogens is 1. The Morgan fingerprint density at radius 3 is 2.42 bits per heavy atom. The molecule has 1 fully saturated rings. The van der Waals surface area contributed by atoms with Gasteiger partial charge in [-0.1, -0.05) is 18.2 Å². The molecule has 4 nitrogen and oxygen atoms in total. The molecule has 1 N–H and O–H groups in total. The average molecular weight is 336 g/mol. The maximum absolute atomic E-state index is 13.8. The van der Waals surface area contributed by atoms with E-state index >= 15 is 0 Å². The number of hydrogen-bond donors (Lipinski definition) is 1. The standard InChI is InChI=1S/C19H29FN2O2/c1-14(2)21(4)18(23)15(3)22-11-9-19(24,10-12-22)13-16-7-5-6-8-17(16)20/h5-8,14-15,24H,9-13H2,1-4H3. The Bertz CT molecular complexity index is 568. The summed E-state index contributed by atoms with van der Waals surface area (Å²) in [5.41, 5.74) is -0.345. The van der Waals surface area contributed by atoms with Crippen LogP contribution in [0.25, 0.3) is 0 Å². The van der Waals surface area contributed by atoms with Crippen LogP contribution in [-0.2, 0) is 11.2 Å². The number of hydrogen-bond acceptors (Lipinski definition) is 3. The van der Waals surface area contributed by atoms with Crippen molar-refractivity contribution in [3.05, 3.63) is 35.6 Å². The van der Waals surface area contributed by atoms with Gasteiger partial charge in [0.2, 0.25) is 5.91 Å². The predicted octanol–water partition coefficient (Wildman–Crippen LogP) is 2.45. The first kappa shape index (κ1) is 18.9. The monoisotopic (exact) mass is 336 g/mol. The quantitative estimate of drug-likeness (QED) is 0.898. The summed E-state index contributed by atoms with van der Waals surface area (Å²) in [4.78, 5) is 16.3. The fourth-order valence-corrected chi connectivity index (χ4v) is 3.21. The predicted molar refractivity (Wildman–Crippen MR) is 93.2 cm³/mol. The molecule has 134 valence electrons. The lowest BCUT2D eigenvalue weighted by Crippen LogP contribution is -2.53. The van der Waals surface area contributed by atoms with Crippen LogP contribution in [0.3, 0.4) is 0 Å². The first-order valence-corrected chi connectivity index (χ1v) is 8.70. The van der Waals surface area contributed by atoms with Gasteiger partial charge in [0.15, 0.2) is 0 Å². The molecule has 5 heteroatoms. The van der Waals surface area contributed by atoms with E-state index in [0.717, 1.165) is 0 Å². The van der Waals surface area contributed by atoms with E-state index in [9.17, 15) is 14.3 Å². The highest BCUT2D eigenvalue weighted by molar-refractivity contribution is 5.81. The van der Waals surface area contributed by atoms with Crippen LogP contribution in [0.15, 0.2) is 24.3 Å². The average Bonchev–Trinajstić information content (AvgIpc) is 2.55.